The molecule has 2 amide bonds. The molecule has 5 rings (SSSR count). The number of carbonyl (C=O) groups is 2. The number of nitro groups is 1. The maximum atomic E-state index is 13.3. The van der Waals surface area contributed by atoms with E-state index in [4.69, 9.17) is 0 Å². The molecular formula is C24H24N6O4. The Morgan fingerprint density at radius 1 is 0.882 bits per heavy atom. The van der Waals surface area contributed by atoms with Crippen LogP contribution in [0.25, 0.3) is 0 Å². The number of H-pyrrole nitrogens is 1. The zero-order chi connectivity index (χ0) is 23.7. The summed E-state index contributed by atoms with van der Waals surface area (Å²) in [7, 11) is 0. The number of hydrogen-bond donors (Lipinski definition) is 1. The molecule has 2 aliphatic rings. The summed E-state index contributed by atoms with van der Waals surface area (Å²) in [5.41, 5.74) is 2.80. The molecule has 0 unspecified atom stereocenters. The lowest BCUT2D eigenvalue weighted by Crippen LogP contribution is -2.49. The summed E-state index contributed by atoms with van der Waals surface area (Å²) >= 11 is 0. The molecule has 34 heavy (non-hydrogen) atoms. The summed E-state index contributed by atoms with van der Waals surface area (Å²) in [6.45, 7) is 3.18. The van der Waals surface area contributed by atoms with Crippen molar-refractivity contribution in [3.05, 3.63) is 87.2 Å². The number of aromatic amines is 1. The fourth-order valence-electron chi connectivity index (χ4n) is 4.59. The van der Waals surface area contributed by atoms with Crippen molar-refractivity contribution in [1.82, 2.24) is 20.0 Å². The van der Waals surface area contributed by atoms with Crippen molar-refractivity contribution in [2.24, 2.45) is 0 Å². The Hall–Kier alpha value is -4.21. The van der Waals surface area contributed by atoms with Gasteiger partial charge in [-0.15, -0.1) is 0 Å². The molecule has 0 radical (unpaired) electrons. The number of aromatic nitrogens is 2. The van der Waals surface area contributed by atoms with Gasteiger partial charge >= 0.3 is 0 Å². The molecule has 1 saturated heterocycles. The zero-order valence-corrected chi connectivity index (χ0v) is 18.5. The number of carbonyl (C=O) groups excluding carboxylic acids is 2. The van der Waals surface area contributed by atoms with Crippen LogP contribution < -0.4 is 4.90 Å². The predicted octanol–water partition coefficient (Wildman–Crippen LogP) is 2.48. The van der Waals surface area contributed by atoms with Crippen LogP contribution in [0.15, 0.2) is 54.6 Å². The SMILES string of the molecule is O=C(c1ccccc1[N+](=O)[O-])N1CCc2[nH]nc(C(=O)N3CCN(c4ccccc4)CC3)c2C1. The first-order valence-corrected chi connectivity index (χ1v) is 11.2. The van der Waals surface area contributed by atoms with Gasteiger partial charge in [0.1, 0.15) is 5.56 Å². The molecule has 2 aliphatic heterocycles. The average Bonchev–Trinajstić information content (AvgIpc) is 3.31. The number of hydrogen-bond acceptors (Lipinski definition) is 6. The van der Waals surface area contributed by atoms with E-state index in [-0.39, 0.29) is 23.7 Å². The number of nitrogens with one attached hydrogen (secondary N) is 1. The Kier molecular flexibility index (Phi) is 5.70. The molecule has 2 aromatic carbocycles. The molecule has 0 saturated carbocycles. The first-order valence-electron chi connectivity index (χ1n) is 11.2. The predicted molar refractivity (Wildman–Crippen MR) is 125 cm³/mol. The van der Waals surface area contributed by atoms with Gasteiger partial charge in [-0.3, -0.25) is 24.8 Å². The van der Waals surface area contributed by atoms with Crippen molar-refractivity contribution in [3.8, 4) is 0 Å². The van der Waals surface area contributed by atoms with E-state index in [2.05, 4.69) is 27.2 Å². The number of anilines is 1. The minimum absolute atomic E-state index is 0.0457. The van der Waals surface area contributed by atoms with E-state index in [1.54, 1.807) is 15.9 Å². The van der Waals surface area contributed by atoms with Gasteiger partial charge < -0.3 is 14.7 Å². The van der Waals surface area contributed by atoms with E-state index in [1.165, 1.54) is 18.2 Å². The molecule has 10 nitrogen and oxygen atoms in total. The second kappa shape index (κ2) is 8.97. The molecule has 0 spiro atoms. The standard InChI is InChI=1S/C24H24N6O4/c31-23(18-8-4-5-9-21(18)30(33)34)29-11-10-20-19(16-29)22(26-25-20)24(32)28-14-12-27(13-15-28)17-6-2-1-3-7-17/h1-9H,10-16H2,(H,25,26). The van der Waals surface area contributed by atoms with Crippen LogP contribution in [0.5, 0.6) is 0 Å². The first kappa shape index (κ1) is 21.6. The van der Waals surface area contributed by atoms with Crippen LogP contribution in [-0.4, -0.2) is 69.5 Å². The highest BCUT2D eigenvalue weighted by Crippen LogP contribution is 2.26. The summed E-state index contributed by atoms with van der Waals surface area (Å²) in [4.78, 5) is 42.8. The van der Waals surface area contributed by atoms with Crippen molar-refractivity contribution in [3.63, 3.8) is 0 Å². The molecular weight excluding hydrogens is 436 g/mol. The second-order valence-electron chi connectivity index (χ2n) is 8.40. The number of para-hydroxylation sites is 2. The third-order valence-corrected chi connectivity index (χ3v) is 6.44. The van der Waals surface area contributed by atoms with Crippen molar-refractivity contribution >= 4 is 23.2 Å². The van der Waals surface area contributed by atoms with E-state index >= 15 is 0 Å². The van der Waals surface area contributed by atoms with E-state index in [9.17, 15) is 19.7 Å². The molecule has 3 aromatic rings. The molecule has 1 N–H and O–H groups in total. The molecule has 0 aliphatic carbocycles. The van der Waals surface area contributed by atoms with Crippen molar-refractivity contribution < 1.29 is 14.5 Å². The van der Waals surface area contributed by atoms with Crippen LogP contribution in [0.1, 0.15) is 32.1 Å². The van der Waals surface area contributed by atoms with Crippen LogP contribution in [0, 0.1) is 10.1 Å². The Morgan fingerprint density at radius 3 is 2.32 bits per heavy atom. The fraction of sp³-hybridized carbons (Fsp3) is 0.292. The molecule has 1 aromatic heterocycles. The molecule has 10 heteroatoms. The van der Waals surface area contributed by atoms with Crippen molar-refractivity contribution in [1.29, 1.82) is 0 Å². The van der Waals surface area contributed by atoms with E-state index in [0.717, 1.165) is 24.5 Å². The molecule has 0 atom stereocenters. The number of benzene rings is 2. The third-order valence-electron chi connectivity index (χ3n) is 6.44. The van der Waals surface area contributed by atoms with E-state index < -0.39 is 10.8 Å². The minimum atomic E-state index is -0.551. The molecule has 3 heterocycles. The smallest absolute Gasteiger partial charge is 0.282 e. The van der Waals surface area contributed by atoms with Crippen LogP contribution in [0.4, 0.5) is 11.4 Å². The number of nitrogens with zero attached hydrogens (tertiary/aromatic N) is 5. The van der Waals surface area contributed by atoms with Gasteiger partial charge in [0.25, 0.3) is 17.5 Å². The summed E-state index contributed by atoms with van der Waals surface area (Å²) in [6, 6.07) is 16.0. The van der Waals surface area contributed by atoms with Crippen molar-refractivity contribution in [2.75, 3.05) is 37.6 Å². The van der Waals surface area contributed by atoms with Gasteiger partial charge in [0.15, 0.2) is 5.69 Å². The lowest BCUT2D eigenvalue weighted by atomic mass is 10.0. The monoisotopic (exact) mass is 460 g/mol. The number of amides is 2. The van der Waals surface area contributed by atoms with Crippen molar-refractivity contribution in [2.45, 2.75) is 13.0 Å². The van der Waals surface area contributed by atoms with Gasteiger partial charge in [0.05, 0.1) is 11.5 Å². The Bertz CT molecular complexity index is 1230. The largest absolute Gasteiger partial charge is 0.368 e. The Morgan fingerprint density at radius 2 is 1.59 bits per heavy atom. The summed E-state index contributed by atoms with van der Waals surface area (Å²) in [6.07, 6.45) is 0.504. The van der Waals surface area contributed by atoms with Gasteiger partial charge in [-0.05, 0) is 18.2 Å². The highest BCUT2D eigenvalue weighted by atomic mass is 16.6. The quantitative estimate of drug-likeness (QED) is 0.472. The molecule has 1 fully saturated rings. The van der Waals surface area contributed by atoms with E-state index in [1.807, 2.05) is 18.2 Å². The highest BCUT2D eigenvalue weighted by Gasteiger charge is 2.33. The lowest BCUT2D eigenvalue weighted by molar-refractivity contribution is -0.385. The maximum absolute atomic E-state index is 13.3. The second-order valence-corrected chi connectivity index (χ2v) is 8.40. The van der Waals surface area contributed by atoms with Crippen LogP contribution in [0.2, 0.25) is 0 Å². The normalized spacial score (nSPS) is 15.7. The molecule has 174 valence electrons. The van der Waals surface area contributed by atoms with Crippen LogP contribution in [0.3, 0.4) is 0 Å². The summed E-state index contributed by atoms with van der Waals surface area (Å²) in [5, 5.41) is 18.6. The van der Waals surface area contributed by atoms with Gasteiger partial charge in [-0.1, -0.05) is 30.3 Å². The Labute approximate surface area is 195 Å². The third kappa shape index (κ3) is 3.98. The maximum Gasteiger partial charge on any atom is 0.282 e. The summed E-state index contributed by atoms with van der Waals surface area (Å²) in [5.74, 6) is -0.584. The van der Waals surface area contributed by atoms with Crippen LogP contribution in [-0.2, 0) is 13.0 Å². The highest BCUT2D eigenvalue weighted by molar-refractivity contribution is 5.99. The number of piperazine rings is 1. The first-order chi connectivity index (χ1) is 16.5. The minimum Gasteiger partial charge on any atom is -0.368 e. The zero-order valence-electron chi connectivity index (χ0n) is 18.5. The molecule has 0 bridgehead atoms. The number of fused-ring (bicyclic) bond motifs is 1. The van der Waals surface area contributed by atoms with E-state index in [0.29, 0.717) is 37.3 Å². The lowest BCUT2D eigenvalue weighted by Gasteiger charge is -2.36. The summed E-state index contributed by atoms with van der Waals surface area (Å²) < 4.78 is 0. The average molecular weight is 460 g/mol. The van der Waals surface area contributed by atoms with Gasteiger partial charge in [0, 0.05) is 62.2 Å². The number of nitro benzene ring substituents is 1. The van der Waals surface area contributed by atoms with Crippen LogP contribution >= 0.6 is 0 Å². The topological polar surface area (TPSA) is 116 Å². The Balaban J connectivity index is 1.30. The van der Waals surface area contributed by atoms with Gasteiger partial charge in [0.2, 0.25) is 0 Å². The van der Waals surface area contributed by atoms with Gasteiger partial charge in [-0.2, -0.15) is 5.10 Å². The fourth-order valence-corrected chi connectivity index (χ4v) is 4.59. The number of rotatable bonds is 4. The van der Waals surface area contributed by atoms with Gasteiger partial charge in [-0.25, -0.2) is 0 Å².